The van der Waals surface area contributed by atoms with E-state index >= 15 is 0 Å². The fourth-order valence-corrected chi connectivity index (χ4v) is 1.82. The van der Waals surface area contributed by atoms with E-state index in [1.165, 1.54) is 0 Å². The molecule has 2 aromatic heterocycles. The molecule has 0 aromatic carbocycles. The molecule has 0 bridgehead atoms. The smallest absolute Gasteiger partial charge is 0.259 e. The predicted molar refractivity (Wildman–Crippen MR) is 71.8 cm³/mol. The lowest BCUT2D eigenvalue weighted by Gasteiger charge is -2.08. The van der Waals surface area contributed by atoms with Crippen molar-refractivity contribution in [2.75, 3.05) is 6.54 Å². The Morgan fingerprint density at radius 2 is 2.32 bits per heavy atom. The Morgan fingerprint density at radius 1 is 1.58 bits per heavy atom. The molecule has 2 heterocycles. The van der Waals surface area contributed by atoms with E-state index in [-0.39, 0.29) is 18.4 Å². The lowest BCUT2D eigenvalue weighted by atomic mass is 10.0. The fourth-order valence-electron chi connectivity index (χ4n) is 1.82. The summed E-state index contributed by atoms with van der Waals surface area (Å²) in [5.74, 6) is 2.33. The number of rotatable bonds is 3. The third kappa shape index (κ3) is 2.43. The Balaban J connectivity index is 2.59. The molecular weight excluding hydrogens is 242 g/mol. The molecule has 0 radical (unpaired) electrons. The number of carbonyl (C=O) groups excluding carboxylic acids is 1. The third-order valence-electron chi connectivity index (χ3n) is 2.82. The summed E-state index contributed by atoms with van der Waals surface area (Å²) < 4.78 is 5.15. The van der Waals surface area contributed by atoms with Gasteiger partial charge in [-0.05, 0) is 18.9 Å². The van der Waals surface area contributed by atoms with Gasteiger partial charge in [0.05, 0.1) is 23.2 Å². The zero-order valence-electron chi connectivity index (χ0n) is 11.2. The van der Waals surface area contributed by atoms with Gasteiger partial charge in [-0.2, -0.15) is 0 Å². The minimum Gasteiger partial charge on any atom is -0.341 e. The molecule has 0 atom stereocenters. The lowest BCUT2D eigenvalue weighted by molar-refractivity contribution is 0.0960. The maximum Gasteiger partial charge on any atom is 0.259 e. The van der Waals surface area contributed by atoms with Crippen LogP contribution in [0.1, 0.15) is 41.5 Å². The van der Waals surface area contributed by atoms with Gasteiger partial charge in [0.1, 0.15) is 0 Å². The molecule has 0 spiro atoms. The number of pyridine rings is 1. The molecule has 19 heavy (non-hydrogen) atoms. The number of nitrogens with one attached hydrogen (secondary N) is 1. The molecule has 1 N–H and O–H groups in total. The molecule has 0 fully saturated rings. The summed E-state index contributed by atoms with van der Waals surface area (Å²) in [6, 6.07) is 1.77. The largest absolute Gasteiger partial charge is 0.341 e. The van der Waals surface area contributed by atoms with Gasteiger partial charge in [-0.15, -0.1) is 6.42 Å². The topological polar surface area (TPSA) is 68.0 Å². The Hall–Kier alpha value is -2.35. The van der Waals surface area contributed by atoms with Crippen molar-refractivity contribution >= 4 is 17.0 Å². The number of terminal acetylenes is 1. The number of nitrogens with zero attached hydrogens (tertiary/aromatic N) is 2. The molecule has 0 saturated heterocycles. The summed E-state index contributed by atoms with van der Waals surface area (Å²) in [5.41, 5.74) is 2.32. The third-order valence-corrected chi connectivity index (χ3v) is 2.82. The van der Waals surface area contributed by atoms with E-state index < -0.39 is 0 Å². The predicted octanol–water partition coefficient (Wildman–Crippen LogP) is 2.02. The Morgan fingerprint density at radius 3 is 2.95 bits per heavy atom. The first-order chi connectivity index (χ1) is 9.04. The Bertz CT molecular complexity index is 665. The Labute approximate surface area is 111 Å². The molecule has 1 amide bonds. The first-order valence-corrected chi connectivity index (χ1v) is 6.03. The second-order valence-electron chi connectivity index (χ2n) is 4.58. The average molecular weight is 257 g/mol. The zero-order chi connectivity index (χ0) is 14.0. The SMILES string of the molecule is C#CCNC(=O)c1cc(C(C)C)nc2onc(C)c12. The van der Waals surface area contributed by atoms with Gasteiger partial charge in [0, 0.05) is 5.69 Å². The van der Waals surface area contributed by atoms with Gasteiger partial charge in [0.25, 0.3) is 11.6 Å². The van der Waals surface area contributed by atoms with Crippen LogP contribution in [0.4, 0.5) is 0 Å². The number of hydrogen-bond acceptors (Lipinski definition) is 4. The van der Waals surface area contributed by atoms with Gasteiger partial charge < -0.3 is 9.84 Å². The standard InChI is InChI=1S/C14H15N3O2/c1-5-6-15-13(18)10-7-11(8(2)3)16-14-12(10)9(4)17-19-14/h1,7-8H,6H2,2-4H3,(H,15,18). The first-order valence-electron chi connectivity index (χ1n) is 6.03. The number of aryl methyl sites for hydroxylation is 1. The van der Waals surface area contributed by atoms with E-state index in [1.807, 2.05) is 13.8 Å². The molecule has 2 rings (SSSR count). The maximum atomic E-state index is 12.1. The van der Waals surface area contributed by atoms with Crippen molar-refractivity contribution in [3.63, 3.8) is 0 Å². The van der Waals surface area contributed by atoms with Crippen LogP contribution >= 0.6 is 0 Å². The molecule has 0 aliphatic heterocycles. The second-order valence-corrected chi connectivity index (χ2v) is 4.58. The molecule has 0 unspecified atom stereocenters. The summed E-state index contributed by atoms with van der Waals surface area (Å²) in [6.45, 7) is 5.96. The zero-order valence-corrected chi connectivity index (χ0v) is 11.2. The first kappa shape index (κ1) is 13.1. The van der Waals surface area contributed by atoms with Crippen LogP contribution in [0.25, 0.3) is 11.1 Å². The molecule has 5 nitrogen and oxygen atoms in total. The molecule has 0 aliphatic carbocycles. The van der Waals surface area contributed by atoms with Crippen molar-refractivity contribution in [1.29, 1.82) is 0 Å². The van der Waals surface area contributed by atoms with E-state index in [9.17, 15) is 4.79 Å². The highest BCUT2D eigenvalue weighted by Crippen LogP contribution is 2.24. The maximum absolute atomic E-state index is 12.1. The summed E-state index contributed by atoms with van der Waals surface area (Å²) in [7, 11) is 0. The van der Waals surface area contributed by atoms with Crippen LogP contribution in [0, 0.1) is 19.3 Å². The molecule has 2 aromatic rings. The van der Waals surface area contributed by atoms with Crippen LogP contribution in [0.15, 0.2) is 10.6 Å². The fraction of sp³-hybridized carbons (Fsp3) is 0.357. The monoisotopic (exact) mass is 257 g/mol. The van der Waals surface area contributed by atoms with E-state index in [2.05, 4.69) is 21.4 Å². The normalized spacial score (nSPS) is 10.7. The van der Waals surface area contributed by atoms with Gasteiger partial charge in [-0.3, -0.25) is 4.79 Å². The minimum absolute atomic E-state index is 0.185. The van der Waals surface area contributed by atoms with Crippen molar-refractivity contribution in [3.05, 3.63) is 23.0 Å². The van der Waals surface area contributed by atoms with Crippen LogP contribution in [-0.2, 0) is 0 Å². The van der Waals surface area contributed by atoms with Crippen molar-refractivity contribution < 1.29 is 9.32 Å². The summed E-state index contributed by atoms with van der Waals surface area (Å²) in [4.78, 5) is 16.5. The summed E-state index contributed by atoms with van der Waals surface area (Å²) >= 11 is 0. The van der Waals surface area contributed by atoms with E-state index in [0.717, 1.165) is 5.69 Å². The van der Waals surface area contributed by atoms with Crippen LogP contribution in [-0.4, -0.2) is 22.6 Å². The number of amides is 1. The van der Waals surface area contributed by atoms with Crippen LogP contribution < -0.4 is 5.32 Å². The highest BCUT2D eigenvalue weighted by atomic mass is 16.5. The average Bonchev–Trinajstić information content (AvgIpc) is 2.76. The minimum atomic E-state index is -0.237. The lowest BCUT2D eigenvalue weighted by Crippen LogP contribution is -2.24. The van der Waals surface area contributed by atoms with E-state index in [0.29, 0.717) is 22.4 Å². The molecule has 0 saturated carbocycles. The van der Waals surface area contributed by atoms with Gasteiger partial charge in [-0.25, -0.2) is 4.98 Å². The number of hydrogen-bond donors (Lipinski definition) is 1. The van der Waals surface area contributed by atoms with Crippen molar-refractivity contribution in [2.45, 2.75) is 26.7 Å². The van der Waals surface area contributed by atoms with E-state index in [1.54, 1.807) is 13.0 Å². The van der Waals surface area contributed by atoms with E-state index in [4.69, 9.17) is 10.9 Å². The molecule has 98 valence electrons. The van der Waals surface area contributed by atoms with Crippen LogP contribution in [0.2, 0.25) is 0 Å². The summed E-state index contributed by atoms with van der Waals surface area (Å²) in [6.07, 6.45) is 5.15. The van der Waals surface area contributed by atoms with Gasteiger partial charge >= 0.3 is 0 Å². The molecular formula is C14H15N3O2. The van der Waals surface area contributed by atoms with Crippen LogP contribution in [0.5, 0.6) is 0 Å². The van der Waals surface area contributed by atoms with Gasteiger partial charge in [0.2, 0.25) is 0 Å². The van der Waals surface area contributed by atoms with Gasteiger partial charge in [0.15, 0.2) is 0 Å². The van der Waals surface area contributed by atoms with Crippen molar-refractivity contribution in [2.24, 2.45) is 0 Å². The van der Waals surface area contributed by atoms with Crippen molar-refractivity contribution in [3.8, 4) is 12.3 Å². The highest BCUT2D eigenvalue weighted by Gasteiger charge is 2.19. The van der Waals surface area contributed by atoms with Gasteiger partial charge in [-0.1, -0.05) is 24.9 Å². The van der Waals surface area contributed by atoms with Crippen LogP contribution in [0.3, 0.4) is 0 Å². The highest BCUT2D eigenvalue weighted by molar-refractivity contribution is 6.06. The Kier molecular flexibility index (Phi) is 3.52. The molecule has 0 aliphatic rings. The number of aromatic nitrogens is 2. The molecule has 5 heteroatoms. The van der Waals surface area contributed by atoms with Crippen molar-refractivity contribution in [1.82, 2.24) is 15.5 Å². The second kappa shape index (κ2) is 5.11. The summed E-state index contributed by atoms with van der Waals surface area (Å²) in [5, 5.41) is 7.15. The number of fused-ring (bicyclic) bond motifs is 1. The quantitative estimate of drug-likeness (QED) is 0.854. The number of carbonyl (C=O) groups is 1.